The lowest BCUT2D eigenvalue weighted by Gasteiger charge is -2.27. The van der Waals surface area contributed by atoms with Crippen LogP contribution in [0.25, 0.3) is 22.6 Å². The fraction of sp³-hybridized carbons (Fsp3) is 0.412. The molecule has 0 bridgehead atoms. The SMILES string of the molecule is c1nc2nc(-c3ccc(N4CCOCC4)nc3)nc(NC3CC3)c2[nH]1. The van der Waals surface area contributed by atoms with Gasteiger partial charge in [0.15, 0.2) is 17.3 Å². The fourth-order valence-corrected chi connectivity index (χ4v) is 2.99. The molecule has 128 valence electrons. The lowest BCUT2D eigenvalue weighted by molar-refractivity contribution is 0.122. The van der Waals surface area contributed by atoms with E-state index in [0.29, 0.717) is 17.5 Å². The largest absolute Gasteiger partial charge is 0.378 e. The van der Waals surface area contributed by atoms with Crippen LogP contribution in [-0.2, 0) is 4.74 Å². The Labute approximate surface area is 144 Å². The highest BCUT2D eigenvalue weighted by Gasteiger charge is 2.23. The number of aromatic amines is 1. The number of nitrogens with one attached hydrogen (secondary N) is 2. The van der Waals surface area contributed by atoms with E-state index in [4.69, 9.17) is 9.72 Å². The first-order chi connectivity index (χ1) is 12.4. The Bertz CT molecular complexity index is 882. The molecule has 1 saturated carbocycles. The number of nitrogens with zero attached hydrogens (tertiary/aromatic N) is 5. The minimum absolute atomic E-state index is 0.510. The lowest BCUT2D eigenvalue weighted by atomic mass is 10.2. The second-order valence-electron chi connectivity index (χ2n) is 6.42. The summed E-state index contributed by atoms with van der Waals surface area (Å²) in [6, 6.07) is 4.55. The summed E-state index contributed by atoms with van der Waals surface area (Å²) in [5.74, 6) is 2.42. The normalized spacial score (nSPS) is 17.8. The van der Waals surface area contributed by atoms with Gasteiger partial charge in [0.1, 0.15) is 11.3 Å². The van der Waals surface area contributed by atoms with Crippen LogP contribution >= 0.6 is 0 Å². The predicted octanol–water partition coefficient (Wildman–Crippen LogP) is 1.83. The van der Waals surface area contributed by atoms with Gasteiger partial charge in [0, 0.05) is 30.9 Å². The number of hydrogen-bond donors (Lipinski definition) is 2. The van der Waals surface area contributed by atoms with E-state index in [1.54, 1.807) is 6.33 Å². The molecule has 4 heterocycles. The highest BCUT2D eigenvalue weighted by Crippen LogP contribution is 2.28. The maximum Gasteiger partial charge on any atom is 0.183 e. The minimum atomic E-state index is 0.510. The molecule has 0 unspecified atom stereocenters. The summed E-state index contributed by atoms with van der Waals surface area (Å²) in [6.45, 7) is 3.24. The van der Waals surface area contributed by atoms with Gasteiger partial charge < -0.3 is 19.9 Å². The molecule has 8 nitrogen and oxygen atoms in total. The average molecular weight is 337 g/mol. The zero-order chi connectivity index (χ0) is 16.6. The molecular formula is C17H19N7O. The van der Waals surface area contributed by atoms with Gasteiger partial charge in [-0.2, -0.15) is 0 Å². The Kier molecular flexibility index (Phi) is 3.48. The number of ether oxygens (including phenoxy) is 1. The van der Waals surface area contributed by atoms with E-state index in [0.717, 1.165) is 49.0 Å². The van der Waals surface area contributed by atoms with Crippen molar-refractivity contribution in [2.24, 2.45) is 0 Å². The number of aromatic nitrogens is 5. The summed E-state index contributed by atoms with van der Waals surface area (Å²) in [6.07, 6.45) is 5.86. The van der Waals surface area contributed by atoms with Gasteiger partial charge in [-0.05, 0) is 25.0 Å². The van der Waals surface area contributed by atoms with Gasteiger partial charge in [0.25, 0.3) is 0 Å². The minimum Gasteiger partial charge on any atom is -0.378 e. The zero-order valence-electron chi connectivity index (χ0n) is 13.8. The number of morpholine rings is 1. The van der Waals surface area contributed by atoms with Crippen LogP contribution in [0.5, 0.6) is 0 Å². The van der Waals surface area contributed by atoms with Crippen LogP contribution in [0.15, 0.2) is 24.7 Å². The molecule has 25 heavy (non-hydrogen) atoms. The molecule has 2 fully saturated rings. The van der Waals surface area contributed by atoms with E-state index in [-0.39, 0.29) is 0 Å². The molecular weight excluding hydrogens is 318 g/mol. The lowest BCUT2D eigenvalue weighted by Crippen LogP contribution is -2.36. The van der Waals surface area contributed by atoms with Gasteiger partial charge >= 0.3 is 0 Å². The first kappa shape index (κ1) is 14.6. The molecule has 2 N–H and O–H groups in total. The summed E-state index contributed by atoms with van der Waals surface area (Å²) < 4.78 is 5.39. The van der Waals surface area contributed by atoms with Crippen LogP contribution in [0.3, 0.4) is 0 Å². The monoisotopic (exact) mass is 337 g/mol. The Hall–Kier alpha value is -2.74. The molecule has 5 rings (SSSR count). The maximum absolute atomic E-state index is 5.39. The van der Waals surface area contributed by atoms with E-state index < -0.39 is 0 Å². The quantitative estimate of drug-likeness (QED) is 0.750. The van der Waals surface area contributed by atoms with E-state index in [1.165, 1.54) is 12.8 Å². The third-order valence-corrected chi connectivity index (χ3v) is 4.54. The maximum atomic E-state index is 5.39. The molecule has 0 amide bonds. The second-order valence-corrected chi connectivity index (χ2v) is 6.42. The predicted molar refractivity (Wildman–Crippen MR) is 94.6 cm³/mol. The van der Waals surface area contributed by atoms with Gasteiger partial charge in [-0.1, -0.05) is 0 Å². The highest BCUT2D eigenvalue weighted by atomic mass is 16.5. The van der Waals surface area contributed by atoms with Crippen LogP contribution in [0.2, 0.25) is 0 Å². The Balaban J connectivity index is 1.47. The molecule has 1 aliphatic heterocycles. The molecule has 0 aromatic carbocycles. The smallest absolute Gasteiger partial charge is 0.183 e. The Morgan fingerprint density at radius 2 is 2.00 bits per heavy atom. The van der Waals surface area contributed by atoms with Gasteiger partial charge in [0.2, 0.25) is 0 Å². The molecule has 2 aliphatic rings. The number of hydrogen-bond acceptors (Lipinski definition) is 7. The molecule has 0 spiro atoms. The van der Waals surface area contributed by atoms with Crippen molar-refractivity contribution in [3.8, 4) is 11.4 Å². The van der Waals surface area contributed by atoms with Gasteiger partial charge in [-0.25, -0.2) is 19.9 Å². The summed E-state index contributed by atoms with van der Waals surface area (Å²) in [5.41, 5.74) is 2.42. The zero-order valence-corrected chi connectivity index (χ0v) is 13.8. The van der Waals surface area contributed by atoms with Crippen molar-refractivity contribution >= 4 is 22.8 Å². The van der Waals surface area contributed by atoms with E-state index in [2.05, 4.69) is 30.2 Å². The van der Waals surface area contributed by atoms with Gasteiger partial charge in [0.05, 0.1) is 19.5 Å². The number of H-pyrrole nitrogens is 1. The number of rotatable bonds is 4. The summed E-state index contributed by atoms with van der Waals surface area (Å²) in [5, 5.41) is 3.45. The van der Waals surface area contributed by atoms with Crippen molar-refractivity contribution in [2.45, 2.75) is 18.9 Å². The summed E-state index contributed by atoms with van der Waals surface area (Å²) >= 11 is 0. The summed E-state index contributed by atoms with van der Waals surface area (Å²) in [7, 11) is 0. The topological polar surface area (TPSA) is 91.8 Å². The molecule has 8 heteroatoms. The second kappa shape index (κ2) is 5.96. The van der Waals surface area contributed by atoms with Crippen LogP contribution < -0.4 is 10.2 Å². The molecule has 0 radical (unpaired) electrons. The number of fused-ring (bicyclic) bond motifs is 1. The van der Waals surface area contributed by atoms with Crippen LogP contribution in [0.4, 0.5) is 11.6 Å². The van der Waals surface area contributed by atoms with E-state index in [1.807, 2.05) is 18.3 Å². The van der Waals surface area contributed by atoms with E-state index >= 15 is 0 Å². The van der Waals surface area contributed by atoms with Crippen molar-refractivity contribution in [3.63, 3.8) is 0 Å². The average Bonchev–Trinajstić information content (AvgIpc) is 3.35. The van der Waals surface area contributed by atoms with Crippen molar-refractivity contribution in [2.75, 3.05) is 36.5 Å². The van der Waals surface area contributed by atoms with Crippen LogP contribution in [-0.4, -0.2) is 57.3 Å². The Morgan fingerprint density at radius 3 is 2.76 bits per heavy atom. The highest BCUT2D eigenvalue weighted by molar-refractivity contribution is 5.84. The van der Waals surface area contributed by atoms with Crippen molar-refractivity contribution in [1.29, 1.82) is 0 Å². The van der Waals surface area contributed by atoms with E-state index in [9.17, 15) is 0 Å². The van der Waals surface area contributed by atoms with Crippen molar-refractivity contribution in [3.05, 3.63) is 24.7 Å². The van der Waals surface area contributed by atoms with Crippen LogP contribution in [0, 0.1) is 0 Å². The number of imidazole rings is 1. The standard InChI is InChI=1S/C17H19N7O/c1-4-13(24-5-7-25-8-6-24)18-9-11(1)15-22-16-14(19-10-20-16)17(23-15)21-12-2-3-12/h1,4,9-10,12H,2-3,5-8H2,(H2,19,20,21,22,23). The van der Waals surface area contributed by atoms with Crippen molar-refractivity contribution < 1.29 is 4.74 Å². The summed E-state index contributed by atoms with van der Waals surface area (Å²) in [4.78, 5) is 23.5. The van der Waals surface area contributed by atoms with Gasteiger partial charge in [-0.3, -0.25) is 0 Å². The molecule has 1 saturated heterocycles. The third kappa shape index (κ3) is 2.89. The van der Waals surface area contributed by atoms with Crippen molar-refractivity contribution in [1.82, 2.24) is 24.9 Å². The molecule has 0 atom stereocenters. The molecule has 1 aliphatic carbocycles. The Morgan fingerprint density at radius 1 is 1.12 bits per heavy atom. The number of anilines is 2. The molecule has 3 aromatic heterocycles. The third-order valence-electron chi connectivity index (χ3n) is 4.54. The first-order valence-electron chi connectivity index (χ1n) is 8.63. The van der Waals surface area contributed by atoms with Crippen LogP contribution in [0.1, 0.15) is 12.8 Å². The molecule has 3 aromatic rings. The number of pyridine rings is 1. The van der Waals surface area contributed by atoms with Gasteiger partial charge in [-0.15, -0.1) is 0 Å². The first-order valence-corrected chi connectivity index (χ1v) is 8.63. The fourth-order valence-electron chi connectivity index (χ4n) is 2.99.